The highest BCUT2D eigenvalue weighted by atomic mass is 35.5. The number of hydrogen-bond donors (Lipinski definition) is 0. The lowest BCUT2D eigenvalue weighted by molar-refractivity contribution is -0.114. The van der Waals surface area contributed by atoms with Crippen LogP contribution in [0.1, 0.15) is 17.0 Å². The molecule has 30 heavy (non-hydrogen) atoms. The fourth-order valence-electron chi connectivity index (χ4n) is 3.88. The van der Waals surface area contributed by atoms with Crippen LogP contribution in [0.25, 0.3) is 16.8 Å². The number of rotatable bonds is 5. The van der Waals surface area contributed by atoms with E-state index in [2.05, 4.69) is 4.99 Å². The van der Waals surface area contributed by atoms with Crippen LogP contribution in [-0.2, 0) is 9.59 Å². The first-order valence-electron chi connectivity index (χ1n) is 9.49. The van der Waals surface area contributed by atoms with Crippen molar-refractivity contribution in [2.24, 2.45) is 4.99 Å². The fourth-order valence-corrected chi connectivity index (χ4v) is 4.13. The van der Waals surface area contributed by atoms with Crippen molar-refractivity contribution in [3.05, 3.63) is 71.8 Å². The van der Waals surface area contributed by atoms with Gasteiger partial charge in [0.25, 0.3) is 5.91 Å². The first-order valence-corrected chi connectivity index (χ1v) is 10.0. The van der Waals surface area contributed by atoms with Gasteiger partial charge in [0.15, 0.2) is 0 Å². The molecule has 0 aliphatic carbocycles. The van der Waals surface area contributed by atoms with Gasteiger partial charge in [-0.25, -0.2) is 4.79 Å². The van der Waals surface area contributed by atoms with E-state index in [-0.39, 0.29) is 11.8 Å². The van der Waals surface area contributed by atoms with Crippen molar-refractivity contribution >= 4 is 51.8 Å². The monoisotopic (exact) mass is 418 g/mol. The Morgan fingerprint density at radius 1 is 1.23 bits per heavy atom. The highest BCUT2D eigenvalue weighted by Crippen LogP contribution is 2.45. The average molecular weight is 419 g/mol. The molecule has 1 aliphatic heterocycles. The molecule has 1 heterocycles. The summed E-state index contributed by atoms with van der Waals surface area (Å²) in [6.07, 6.45) is 4.92. The van der Waals surface area contributed by atoms with E-state index in [9.17, 15) is 9.59 Å². The number of nitrogens with zero attached hydrogens (tertiary/aromatic N) is 2. The lowest BCUT2D eigenvalue weighted by atomic mass is 9.95. The van der Waals surface area contributed by atoms with Crippen molar-refractivity contribution in [1.82, 2.24) is 0 Å². The Morgan fingerprint density at radius 3 is 2.63 bits per heavy atom. The topological polar surface area (TPSA) is 59.0 Å². The van der Waals surface area contributed by atoms with Gasteiger partial charge in [-0.05, 0) is 40.8 Å². The summed E-state index contributed by atoms with van der Waals surface area (Å²) in [5.41, 5.74) is 3.13. The Kier molecular flexibility index (Phi) is 5.66. The number of carbonyl (C=O) groups is 1. The van der Waals surface area contributed by atoms with Crippen LogP contribution in [0.3, 0.4) is 0 Å². The zero-order valence-corrected chi connectivity index (χ0v) is 17.1. The number of isocyanates is 1. The van der Waals surface area contributed by atoms with E-state index in [0.29, 0.717) is 18.1 Å². The van der Waals surface area contributed by atoms with E-state index in [4.69, 9.17) is 16.3 Å². The second-order valence-corrected chi connectivity index (χ2v) is 7.29. The number of halogens is 1. The molecule has 6 heteroatoms. The highest BCUT2D eigenvalue weighted by molar-refractivity contribution is 6.19. The molecule has 0 fully saturated rings. The zero-order valence-electron chi connectivity index (χ0n) is 16.3. The molecule has 5 nitrogen and oxygen atoms in total. The van der Waals surface area contributed by atoms with Gasteiger partial charge in [0.1, 0.15) is 5.75 Å². The highest BCUT2D eigenvalue weighted by Gasteiger charge is 2.33. The summed E-state index contributed by atoms with van der Waals surface area (Å²) in [4.78, 5) is 29.5. The molecule has 1 unspecified atom stereocenters. The van der Waals surface area contributed by atoms with Gasteiger partial charge < -0.3 is 9.64 Å². The number of methoxy groups -OCH3 is 1. The third-order valence-corrected chi connectivity index (χ3v) is 5.67. The zero-order chi connectivity index (χ0) is 21.1. The predicted molar refractivity (Wildman–Crippen MR) is 120 cm³/mol. The summed E-state index contributed by atoms with van der Waals surface area (Å²) < 4.78 is 5.16. The van der Waals surface area contributed by atoms with E-state index in [0.717, 1.165) is 33.3 Å². The van der Waals surface area contributed by atoms with Gasteiger partial charge in [-0.15, -0.1) is 11.6 Å². The molecule has 0 radical (unpaired) electrons. The number of anilines is 1. The minimum absolute atomic E-state index is 0.000774. The van der Waals surface area contributed by atoms with Crippen molar-refractivity contribution in [3.63, 3.8) is 0 Å². The SMILES string of the molecule is COc1ccc(/C=C/C(=O)N2CC(CCl)c3c2cc(N=C=O)c2ccccc32)cc1. The number of benzene rings is 3. The lowest BCUT2D eigenvalue weighted by Crippen LogP contribution is -2.28. The molecule has 0 bridgehead atoms. The number of carbonyl (C=O) groups excluding carboxylic acids is 2. The van der Waals surface area contributed by atoms with Crippen molar-refractivity contribution in [3.8, 4) is 5.75 Å². The fraction of sp³-hybridized carbons (Fsp3) is 0.167. The largest absolute Gasteiger partial charge is 0.497 e. The predicted octanol–water partition coefficient (Wildman–Crippen LogP) is 5.20. The van der Waals surface area contributed by atoms with E-state index < -0.39 is 0 Å². The molecule has 0 N–H and O–H groups in total. The van der Waals surface area contributed by atoms with E-state index in [1.807, 2.05) is 48.5 Å². The maximum absolute atomic E-state index is 13.0. The molecule has 3 aromatic rings. The number of fused-ring (bicyclic) bond motifs is 3. The smallest absolute Gasteiger partial charge is 0.251 e. The van der Waals surface area contributed by atoms with Crippen molar-refractivity contribution in [2.75, 3.05) is 24.4 Å². The Balaban J connectivity index is 1.74. The van der Waals surface area contributed by atoms with Crippen LogP contribution in [0.4, 0.5) is 11.4 Å². The number of ether oxygens (including phenoxy) is 1. The number of alkyl halides is 1. The molecular weight excluding hydrogens is 400 g/mol. The average Bonchev–Trinajstić information content (AvgIpc) is 3.17. The first-order chi connectivity index (χ1) is 14.7. The summed E-state index contributed by atoms with van der Waals surface area (Å²) in [7, 11) is 1.61. The van der Waals surface area contributed by atoms with Gasteiger partial charge in [-0.1, -0.05) is 36.4 Å². The molecule has 1 amide bonds. The van der Waals surface area contributed by atoms with Crippen molar-refractivity contribution in [2.45, 2.75) is 5.92 Å². The van der Waals surface area contributed by atoms with Gasteiger partial charge in [-0.2, -0.15) is 4.99 Å². The number of aliphatic imine (C=N–C) groups is 1. The van der Waals surface area contributed by atoms with Gasteiger partial charge in [0, 0.05) is 29.8 Å². The summed E-state index contributed by atoms with van der Waals surface area (Å²) in [6, 6.07) is 16.9. The lowest BCUT2D eigenvalue weighted by Gasteiger charge is -2.16. The Bertz CT molecular complexity index is 1180. The normalized spacial score (nSPS) is 15.3. The first kappa shape index (κ1) is 19.9. The standard InChI is InChI=1S/C24H19ClN2O3/c1-30-18-9-6-16(7-10-18)8-11-23(29)27-14-17(13-25)24-20-5-3-2-4-19(20)21(26-15-28)12-22(24)27/h2-12,17H,13-14H2,1H3/b11-8+. The minimum Gasteiger partial charge on any atom is -0.497 e. The molecule has 1 aliphatic rings. The van der Waals surface area contributed by atoms with Gasteiger partial charge in [0.2, 0.25) is 6.08 Å². The molecule has 0 aromatic heterocycles. The maximum Gasteiger partial charge on any atom is 0.251 e. The maximum atomic E-state index is 13.0. The van der Waals surface area contributed by atoms with Gasteiger partial charge in [0.05, 0.1) is 18.5 Å². The van der Waals surface area contributed by atoms with E-state index >= 15 is 0 Å². The van der Waals surface area contributed by atoms with Gasteiger partial charge in [-0.3, -0.25) is 4.79 Å². The van der Waals surface area contributed by atoms with Crippen LogP contribution in [0.15, 0.2) is 65.7 Å². The second kappa shape index (κ2) is 8.54. The van der Waals surface area contributed by atoms with Gasteiger partial charge >= 0.3 is 0 Å². The van der Waals surface area contributed by atoms with E-state index in [1.54, 1.807) is 36.3 Å². The summed E-state index contributed by atoms with van der Waals surface area (Å²) in [5.74, 6) is 0.987. The van der Waals surface area contributed by atoms with Crippen LogP contribution in [-0.4, -0.2) is 31.5 Å². The third kappa shape index (κ3) is 3.61. The third-order valence-electron chi connectivity index (χ3n) is 5.30. The van der Waals surface area contributed by atoms with E-state index in [1.165, 1.54) is 0 Å². The Hall–Kier alpha value is -3.40. The molecule has 4 rings (SSSR count). The molecule has 0 spiro atoms. The Morgan fingerprint density at radius 2 is 1.97 bits per heavy atom. The van der Waals surface area contributed by atoms with Crippen LogP contribution in [0.5, 0.6) is 5.75 Å². The summed E-state index contributed by atoms with van der Waals surface area (Å²) >= 11 is 6.25. The quantitative estimate of drug-likeness (QED) is 0.248. The number of amides is 1. The van der Waals surface area contributed by atoms with Crippen molar-refractivity contribution < 1.29 is 14.3 Å². The minimum atomic E-state index is -0.156. The van der Waals surface area contributed by atoms with Crippen LogP contribution in [0.2, 0.25) is 0 Å². The number of hydrogen-bond acceptors (Lipinski definition) is 4. The summed E-state index contributed by atoms with van der Waals surface area (Å²) in [5, 5.41) is 1.79. The molecule has 0 saturated heterocycles. The van der Waals surface area contributed by atoms with Crippen LogP contribution in [0, 0.1) is 0 Å². The second-order valence-electron chi connectivity index (χ2n) is 6.98. The van der Waals surface area contributed by atoms with Crippen LogP contribution < -0.4 is 9.64 Å². The molecule has 1 atom stereocenters. The Labute approximate surface area is 179 Å². The molecule has 0 saturated carbocycles. The van der Waals surface area contributed by atoms with Crippen molar-refractivity contribution in [1.29, 1.82) is 0 Å². The molecule has 150 valence electrons. The van der Waals surface area contributed by atoms with Crippen LogP contribution >= 0.6 is 11.6 Å². The molecule has 3 aromatic carbocycles. The summed E-state index contributed by atoms with van der Waals surface area (Å²) in [6.45, 7) is 0.475. The molecular formula is C24H19ClN2O3.